The smallest absolute Gasteiger partial charge is 0.147 e. The molecule has 0 fully saturated rings. The van der Waals surface area contributed by atoms with E-state index in [1.807, 2.05) is 0 Å². The number of nitrogens with zero attached hydrogens (tertiary/aromatic N) is 3. The van der Waals surface area contributed by atoms with E-state index < -0.39 is 0 Å². The van der Waals surface area contributed by atoms with Gasteiger partial charge in [0.25, 0.3) is 0 Å². The summed E-state index contributed by atoms with van der Waals surface area (Å²) in [6.07, 6.45) is 4.40. The van der Waals surface area contributed by atoms with E-state index >= 15 is 0 Å². The molecule has 0 unspecified atom stereocenters. The fraction of sp³-hybridized carbons (Fsp3) is 0.231. The maximum atomic E-state index is 5.54. The molecule has 17 heavy (non-hydrogen) atoms. The summed E-state index contributed by atoms with van der Waals surface area (Å²) < 4.78 is 0. The Labute approximate surface area is 100 Å². The number of hydrogen-bond donors (Lipinski definition) is 1. The van der Waals surface area contributed by atoms with Gasteiger partial charge >= 0.3 is 0 Å². The van der Waals surface area contributed by atoms with Gasteiger partial charge in [-0.15, -0.1) is 0 Å². The first-order valence-electron chi connectivity index (χ1n) is 5.72. The number of nitrogens with two attached hydrogens (primary N) is 1. The maximum Gasteiger partial charge on any atom is 0.147 e. The van der Waals surface area contributed by atoms with Crippen LogP contribution in [0.25, 0.3) is 0 Å². The molecule has 1 aromatic heterocycles. The highest BCUT2D eigenvalue weighted by Crippen LogP contribution is 2.22. The number of rotatable bonds is 1. The van der Waals surface area contributed by atoms with Crippen LogP contribution < -0.4 is 10.6 Å². The number of hydrogen-bond acceptors (Lipinski definition) is 4. The molecular formula is C13H14N4. The largest absolute Gasteiger partial charge is 0.382 e. The first kappa shape index (κ1) is 10.1. The Morgan fingerprint density at radius 2 is 1.88 bits per heavy atom. The lowest BCUT2D eigenvalue weighted by Gasteiger charge is -2.29. The molecule has 4 heteroatoms. The highest BCUT2D eigenvalue weighted by atomic mass is 15.2. The lowest BCUT2D eigenvalue weighted by atomic mass is 10.0. The Hall–Kier alpha value is -2.10. The molecule has 2 heterocycles. The summed E-state index contributed by atoms with van der Waals surface area (Å²) in [5.74, 6) is 1.36. The lowest BCUT2D eigenvalue weighted by molar-refractivity contribution is 0.719. The van der Waals surface area contributed by atoms with Gasteiger partial charge in [-0.1, -0.05) is 24.3 Å². The summed E-state index contributed by atoms with van der Waals surface area (Å²) in [5, 5.41) is 0. The maximum absolute atomic E-state index is 5.54. The molecule has 0 bridgehead atoms. The number of benzene rings is 1. The molecule has 0 spiro atoms. The summed E-state index contributed by atoms with van der Waals surface area (Å²) in [7, 11) is 0. The average Bonchev–Trinajstić information content (AvgIpc) is 2.39. The second-order valence-corrected chi connectivity index (χ2v) is 4.24. The van der Waals surface area contributed by atoms with Crippen LogP contribution in [0, 0.1) is 0 Å². The van der Waals surface area contributed by atoms with Gasteiger partial charge in [0.15, 0.2) is 0 Å². The van der Waals surface area contributed by atoms with Crippen molar-refractivity contribution in [3.05, 3.63) is 47.8 Å². The molecule has 0 aliphatic carbocycles. The number of nitrogen functional groups attached to an aromatic ring is 1. The van der Waals surface area contributed by atoms with E-state index in [1.165, 1.54) is 11.1 Å². The van der Waals surface area contributed by atoms with Gasteiger partial charge in [-0.25, -0.2) is 9.97 Å². The minimum atomic E-state index is 0.464. The molecule has 1 aromatic carbocycles. The average molecular weight is 226 g/mol. The molecule has 4 nitrogen and oxygen atoms in total. The third-order valence-electron chi connectivity index (χ3n) is 3.11. The van der Waals surface area contributed by atoms with Gasteiger partial charge in [0, 0.05) is 13.1 Å². The Morgan fingerprint density at radius 3 is 2.65 bits per heavy atom. The molecule has 3 rings (SSSR count). The van der Waals surface area contributed by atoms with E-state index in [1.54, 1.807) is 12.4 Å². The highest BCUT2D eigenvalue weighted by molar-refractivity contribution is 5.44. The number of fused-ring (bicyclic) bond motifs is 1. The molecule has 0 atom stereocenters. The first-order chi connectivity index (χ1) is 8.33. The van der Waals surface area contributed by atoms with Crippen molar-refractivity contribution in [1.29, 1.82) is 0 Å². The molecule has 0 saturated heterocycles. The van der Waals surface area contributed by atoms with Crippen LogP contribution in [0.15, 0.2) is 36.7 Å². The van der Waals surface area contributed by atoms with Crippen molar-refractivity contribution >= 4 is 11.6 Å². The summed E-state index contributed by atoms with van der Waals surface area (Å²) in [6.45, 7) is 1.88. The fourth-order valence-corrected chi connectivity index (χ4v) is 2.19. The summed E-state index contributed by atoms with van der Waals surface area (Å²) in [4.78, 5) is 10.6. The Morgan fingerprint density at radius 1 is 1.06 bits per heavy atom. The molecule has 1 aliphatic heterocycles. The minimum Gasteiger partial charge on any atom is -0.382 e. The van der Waals surface area contributed by atoms with E-state index in [4.69, 9.17) is 5.73 Å². The number of anilines is 2. The zero-order chi connectivity index (χ0) is 11.7. The Kier molecular flexibility index (Phi) is 2.40. The van der Waals surface area contributed by atoms with Gasteiger partial charge in [-0.3, -0.25) is 0 Å². The van der Waals surface area contributed by atoms with Crippen LogP contribution in [0.5, 0.6) is 0 Å². The standard InChI is InChI=1S/C13H14N4/c14-12-7-16-13(8-15-12)17-6-5-10-3-1-2-4-11(10)9-17/h1-4,7-8H,5-6,9H2,(H2,14,15). The third kappa shape index (κ3) is 1.93. The predicted molar refractivity (Wildman–Crippen MR) is 67.6 cm³/mol. The topological polar surface area (TPSA) is 55.0 Å². The second kappa shape index (κ2) is 4.05. The molecule has 2 aromatic rings. The van der Waals surface area contributed by atoms with E-state index in [0.29, 0.717) is 5.82 Å². The van der Waals surface area contributed by atoms with Gasteiger partial charge in [0.2, 0.25) is 0 Å². The fourth-order valence-electron chi connectivity index (χ4n) is 2.19. The Balaban J connectivity index is 1.86. The van der Waals surface area contributed by atoms with Crippen LogP contribution >= 0.6 is 0 Å². The minimum absolute atomic E-state index is 0.464. The van der Waals surface area contributed by atoms with Crippen LogP contribution in [0.3, 0.4) is 0 Å². The molecule has 2 N–H and O–H groups in total. The van der Waals surface area contributed by atoms with Gasteiger partial charge in [-0.05, 0) is 17.5 Å². The van der Waals surface area contributed by atoms with Crippen molar-refractivity contribution in [2.75, 3.05) is 17.2 Å². The Bertz CT molecular complexity index is 521. The van der Waals surface area contributed by atoms with Crippen LogP contribution in [0.4, 0.5) is 11.6 Å². The molecule has 0 saturated carbocycles. The molecule has 0 radical (unpaired) electrons. The number of aromatic nitrogens is 2. The van der Waals surface area contributed by atoms with Crippen molar-refractivity contribution in [2.24, 2.45) is 0 Å². The van der Waals surface area contributed by atoms with Crippen LogP contribution in [-0.2, 0) is 13.0 Å². The van der Waals surface area contributed by atoms with Crippen molar-refractivity contribution in [2.45, 2.75) is 13.0 Å². The van der Waals surface area contributed by atoms with Gasteiger partial charge in [0.1, 0.15) is 11.6 Å². The third-order valence-corrected chi connectivity index (χ3v) is 3.11. The quantitative estimate of drug-likeness (QED) is 0.802. The van der Waals surface area contributed by atoms with Crippen LogP contribution in [-0.4, -0.2) is 16.5 Å². The van der Waals surface area contributed by atoms with Crippen molar-refractivity contribution in [1.82, 2.24) is 9.97 Å². The van der Waals surface area contributed by atoms with E-state index in [-0.39, 0.29) is 0 Å². The normalized spacial score (nSPS) is 14.5. The van der Waals surface area contributed by atoms with Crippen LogP contribution in [0.1, 0.15) is 11.1 Å². The highest BCUT2D eigenvalue weighted by Gasteiger charge is 2.16. The van der Waals surface area contributed by atoms with Crippen molar-refractivity contribution in [3.8, 4) is 0 Å². The van der Waals surface area contributed by atoms with E-state index in [2.05, 4.69) is 39.1 Å². The first-order valence-corrected chi connectivity index (χ1v) is 5.72. The monoisotopic (exact) mass is 226 g/mol. The summed E-state index contributed by atoms with van der Waals surface area (Å²) in [6, 6.07) is 8.54. The summed E-state index contributed by atoms with van der Waals surface area (Å²) >= 11 is 0. The SMILES string of the molecule is Nc1cnc(N2CCc3ccccc3C2)cn1. The van der Waals surface area contributed by atoms with Crippen LogP contribution in [0.2, 0.25) is 0 Å². The summed E-state index contributed by atoms with van der Waals surface area (Å²) in [5.41, 5.74) is 8.35. The predicted octanol–water partition coefficient (Wildman–Crippen LogP) is 1.62. The zero-order valence-electron chi connectivity index (χ0n) is 9.50. The van der Waals surface area contributed by atoms with Gasteiger partial charge < -0.3 is 10.6 Å². The van der Waals surface area contributed by atoms with Crippen molar-refractivity contribution < 1.29 is 0 Å². The van der Waals surface area contributed by atoms with Crippen molar-refractivity contribution in [3.63, 3.8) is 0 Å². The van der Waals surface area contributed by atoms with Gasteiger partial charge in [0.05, 0.1) is 12.4 Å². The second-order valence-electron chi connectivity index (χ2n) is 4.24. The van der Waals surface area contributed by atoms with E-state index in [9.17, 15) is 0 Å². The van der Waals surface area contributed by atoms with E-state index in [0.717, 1.165) is 25.3 Å². The molecule has 86 valence electrons. The lowest BCUT2D eigenvalue weighted by Crippen LogP contribution is -2.31. The molecular weight excluding hydrogens is 212 g/mol. The zero-order valence-corrected chi connectivity index (χ0v) is 9.50. The van der Waals surface area contributed by atoms with Gasteiger partial charge in [-0.2, -0.15) is 0 Å². The molecule has 0 amide bonds. The molecule has 1 aliphatic rings.